The number of nitrogens with zero attached hydrogens (tertiary/aromatic N) is 1. The normalized spacial score (nSPS) is 12.2. The summed E-state index contributed by atoms with van der Waals surface area (Å²) in [6, 6.07) is 0. The van der Waals surface area contributed by atoms with E-state index < -0.39 is 11.1 Å². The standard InChI is InChI=1S/C20H38N4O5.C2H6/c1-8-15(2)18(28)24(14-25)11-9-16(26)22-19(3,4)10-12-29-20(5,6)13-17(27)23-21-7;1-2/h14-15,21H,8-13H2,1-7H3,(H,22,26)(H,23,27);1-2H3. The number of rotatable bonds is 14. The Labute approximate surface area is 188 Å². The zero-order valence-electron chi connectivity index (χ0n) is 20.9. The van der Waals surface area contributed by atoms with E-state index in [-0.39, 0.29) is 43.0 Å². The highest BCUT2D eigenvalue weighted by Gasteiger charge is 2.26. The van der Waals surface area contributed by atoms with Crippen molar-refractivity contribution in [3.63, 3.8) is 0 Å². The van der Waals surface area contributed by atoms with Crippen molar-refractivity contribution in [1.82, 2.24) is 21.1 Å². The second-order valence-electron chi connectivity index (χ2n) is 8.46. The van der Waals surface area contributed by atoms with Crippen molar-refractivity contribution in [3.8, 4) is 0 Å². The fourth-order valence-corrected chi connectivity index (χ4v) is 2.60. The van der Waals surface area contributed by atoms with Gasteiger partial charge in [0.25, 0.3) is 0 Å². The topological polar surface area (TPSA) is 117 Å². The Morgan fingerprint density at radius 2 is 1.68 bits per heavy atom. The van der Waals surface area contributed by atoms with Gasteiger partial charge in [-0.2, -0.15) is 0 Å². The Kier molecular flexibility index (Phi) is 15.8. The van der Waals surface area contributed by atoms with Gasteiger partial charge in [-0.3, -0.25) is 29.5 Å². The van der Waals surface area contributed by atoms with E-state index >= 15 is 0 Å². The Bertz CT molecular complexity index is 564. The predicted molar refractivity (Wildman–Crippen MR) is 122 cm³/mol. The van der Waals surface area contributed by atoms with Gasteiger partial charge in [0.15, 0.2) is 0 Å². The molecule has 0 radical (unpaired) electrons. The fraction of sp³-hybridized carbons (Fsp3) is 0.818. The summed E-state index contributed by atoms with van der Waals surface area (Å²) in [4.78, 5) is 48.2. The highest BCUT2D eigenvalue weighted by molar-refractivity contribution is 5.88. The summed E-state index contributed by atoms with van der Waals surface area (Å²) >= 11 is 0. The molecular weight excluding hydrogens is 400 g/mol. The van der Waals surface area contributed by atoms with Gasteiger partial charge in [0.1, 0.15) is 0 Å². The van der Waals surface area contributed by atoms with Crippen molar-refractivity contribution in [3.05, 3.63) is 0 Å². The van der Waals surface area contributed by atoms with E-state index in [2.05, 4.69) is 16.2 Å². The Balaban J connectivity index is 0. The molecule has 1 unspecified atom stereocenters. The lowest BCUT2D eigenvalue weighted by Crippen LogP contribution is -2.46. The lowest BCUT2D eigenvalue weighted by Gasteiger charge is -2.30. The van der Waals surface area contributed by atoms with Gasteiger partial charge in [0, 0.05) is 38.1 Å². The van der Waals surface area contributed by atoms with Crippen LogP contribution in [-0.2, 0) is 23.9 Å². The molecule has 0 aliphatic heterocycles. The van der Waals surface area contributed by atoms with Crippen LogP contribution in [0, 0.1) is 5.92 Å². The van der Waals surface area contributed by atoms with Crippen LogP contribution in [0.1, 0.15) is 81.1 Å². The van der Waals surface area contributed by atoms with Gasteiger partial charge in [-0.1, -0.05) is 27.7 Å². The quantitative estimate of drug-likeness (QED) is 0.279. The van der Waals surface area contributed by atoms with E-state index in [1.165, 1.54) is 0 Å². The number of carbonyl (C=O) groups is 4. The van der Waals surface area contributed by atoms with Crippen LogP contribution >= 0.6 is 0 Å². The van der Waals surface area contributed by atoms with Crippen LogP contribution in [0.25, 0.3) is 0 Å². The lowest BCUT2D eigenvalue weighted by atomic mass is 10.00. The highest BCUT2D eigenvalue weighted by atomic mass is 16.5. The summed E-state index contributed by atoms with van der Waals surface area (Å²) in [6.07, 6.45) is 1.90. The number of hydrogen-bond donors (Lipinski definition) is 3. The number of ether oxygens (including phenoxy) is 1. The van der Waals surface area contributed by atoms with Crippen LogP contribution in [0.3, 0.4) is 0 Å². The van der Waals surface area contributed by atoms with Gasteiger partial charge < -0.3 is 10.1 Å². The third-order valence-corrected chi connectivity index (χ3v) is 4.57. The van der Waals surface area contributed by atoms with Crippen LogP contribution in [0.2, 0.25) is 0 Å². The third kappa shape index (κ3) is 14.6. The maximum Gasteiger partial charge on any atom is 0.236 e. The highest BCUT2D eigenvalue weighted by Crippen LogP contribution is 2.17. The van der Waals surface area contributed by atoms with E-state index in [9.17, 15) is 19.2 Å². The van der Waals surface area contributed by atoms with Crippen molar-refractivity contribution in [2.75, 3.05) is 20.2 Å². The molecule has 0 aliphatic carbocycles. The molecule has 4 amide bonds. The summed E-state index contributed by atoms with van der Waals surface area (Å²) in [5, 5.41) is 2.90. The molecule has 9 nitrogen and oxygen atoms in total. The fourth-order valence-electron chi connectivity index (χ4n) is 2.60. The van der Waals surface area contributed by atoms with E-state index in [0.29, 0.717) is 25.9 Å². The molecule has 0 aliphatic rings. The van der Waals surface area contributed by atoms with Crippen molar-refractivity contribution >= 4 is 24.1 Å². The minimum absolute atomic E-state index is 0.0425. The molecule has 0 bridgehead atoms. The SMILES string of the molecule is CC.CCC(C)C(=O)N(C=O)CCC(=O)NC(C)(C)CCOC(C)(C)CC(=O)NNC. The van der Waals surface area contributed by atoms with E-state index in [1.807, 2.05) is 48.5 Å². The van der Waals surface area contributed by atoms with Crippen LogP contribution in [-0.4, -0.2) is 60.4 Å². The molecular formula is C22H44N4O5. The number of carbonyl (C=O) groups excluding carboxylic acids is 4. The summed E-state index contributed by atoms with van der Waals surface area (Å²) in [5.74, 6) is -0.939. The molecule has 0 aromatic carbocycles. The van der Waals surface area contributed by atoms with Crippen molar-refractivity contribution in [2.45, 2.75) is 92.2 Å². The first-order valence-corrected chi connectivity index (χ1v) is 11.0. The molecule has 3 N–H and O–H groups in total. The van der Waals surface area contributed by atoms with Gasteiger partial charge in [-0.05, 0) is 40.5 Å². The minimum atomic E-state index is -0.637. The number of hydrogen-bond acceptors (Lipinski definition) is 6. The summed E-state index contributed by atoms with van der Waals surface area (Å²) in [5.41, 5.74) is 3.91. The Morgan fingerprint density at radius 3 is 2.16 bits per heavy atom. The van der Waals surface area contributed by atoms with Gasteiger partial charge in [0.05, 0.1) is 12.0 Å². The molecule has 0 fully saturated rings. The molecule has 0 aromatic heterocycles. The van der Waals surface area contributed by atoms with Crippen molar-refractivity contribution in [1.29, 1.82) is 0 Å². The first-order chi connectivity index (χ1) is 14.4. The molecule has 182 valence electrons. The zero-order valence-corrected chi connectivity index (χ0v) is 20.9. The van der Waals surface area contributed by atoms with Crippen LogP contribution < -0.4 is 16.2 Å². The van der Waals surface area contributed by atoms with Crippen LogP contribution in [0.4, 0.5) is 0 Å². The van der Waals surface area contributed by atoms with Gasteiger partial charge >= 0.3 is 0 Å². The molecule has 1 atom stereocenters. The van der Waals surface area contributed by atoms with Crippen LogP contribution in [0.5, 0.6) is 0 Å². The Morgan fingerprint density at radius 1 is 1.10 bits per heavy atom. The summed E-state index contributed by atoms with van der Waals surface area (Å²) in [6.45, 7) is 15.4. The van der Waals surface area contributed by atoms with E-state index in [0.717, 1.165) is 4.90 Å². The molecule has 9 heteroatoms. The van der Waals surface area contributed by atoms with Crippen molar-refractivity contribution in [2.24, 2.45) is 5.92 Å². The van der Waals surface area contributed by atoms with Crippen LogP contribution in [0.15, 0.2) is 0 Å². The second kappa shape index (κ2) is 15.8. The predicted octanol–water partition coefficient (Wildman–Crippen LogP) is 2.15. The first kappa shape index (κ1) is 31.2. The number of nitrogens with one attached hydrogen (secondary N) is 3. The molecule has 0 rings (SSSR count). The van der Waals surface area contributed by atoms with Gasteiger partial charge in [-0.15, -0.1) is 0 Å². The summed E-state index contributed by atoms with van der Waals surface area (Å²) < 4.78 is 5.81. The smallest absolute Gasteiger partial charge is 0.236 e. The lowest BCUT2D eigenvalue weighted by molar-refractivity contribution is -0.141. The monoisotopic (exact) mass is 444 g/mol. The maximum absolute atomic E-state index is 12.3. The first-order valence-electron chi connectivity index (χ1n) is 11.0. The minimum Gasteiger partial charge on any atom is -0.375 e. The van der Waals surface area contributed by atoms with Gasteiger partial charge in [0.2, 0.25) is 24.1 Å². The number of hydrazine groups is 1. The number of imide groups is 1. The van der Waals surface area contributed by atoms with E-state index in [1.54, 1.807) is 14.0 Å². The molecule has 0 saturated heterocycles. The zero-order chi connectivity index (χ0) is 24.7. The molecule has 0 heterocycles. The largest absolute Gasteiger partial charge is 0.375 e. The van der Waals surface area contributed by atoms with E-state index in [4.69, 9.17) is 4.74 Å². The summed E-state index contributed by atoms with van der Waals surface area (Å²) in [7, 11) is 1.62. The second-order valence-corrected chi connectivity index (χ2v) is 8.46. The van der Waals surface area contributed by atoms with Crippen molar-refractivity contribution < 1.29 is 23.9 Å². The average molecular weight is 445 g/mol. The molecule has 0 saturated carbocycles. The maximum atomic E-state index is 12.3. The third-order valence-electron chi connectivity index (χ3n) is 4.57. The molecule has 0 spiro atoms. The average Bonchev–Trinajstić information content (AvgIpc) is 2.67. The molecule has 31 heavy (non-hydrogen) atoms. The molecule has 0 aromatic rings. The number of amides is 4. The Hall–Kier alpha value is -2.00. The van der Waals surface area contributed by atoms with Gasteiger partial charge in [-0.25, -0.2) is 5.43 Å².